The largest absolute Gasteiger partial charge is 0.268 e. The summed E-state index contributed by atoms with van der Waals surface area (Å²) in [6.45, 7) is 0. The van der Waals surface area contributed by atoms with Crippen LogP contribution in [0.5, 0.6) is 0 Å². The molecule has 0 aliphatic carbocycles. The Morgan fingerprint density at radius 3 is 2.09 bits per heavy atom. The van der Waals surface area contributed by atoms with E-state index >= 15 is 0 Å². The van der Waals surface area contributed by atoms with Crippen LogP contribution < -0.4 is 5.56 Å². The van der Waals surface area contributed by atoms with Crippen molar-refractivity contribution in [2.75, 3.05) is 0 Å². The molecule has 0 spiro atoms. The minimum Gasteiger partial charge on any atom is -0.268 e. The van der Waals surface area contributed by atoms with Crippen LogP contribution in [-0.4, -0.2) is 19.3 Å². The van der Waals surface area contributed by atoms with Crippen LogP contribution in [0.2, 0.25) is 5.02 Å². The van der Waals surface area contributed by atoms with Crippen LogP contribution in [0.1, 0.15) is 0 Å². The molecule has 35 heavy (non-hydrogen) atoms. The second-order valence-corrected chi connectivity index (χ2v) is 8.53. The Balaban J connectivity index is 1.70. The maximum absolute atomic E-state index is 13.8. The van der Waals surface area contributed by atoms with E-state index in [1.54, 1.807) is 22.8 Å². The van der Waals surface area contributed by atoms with Crippen LogP contribution in [0.4, 0.5) is 0 Å². The van der Waals surface area contributed by atoms with Gasteiger partial charge >= 0.3 is 0 Å². The fourth-order valence-electron chi connectivity index (χ4n) is 4.19. The number of para-hydroxylation sites is 2. The highest BCUT2D eigenvalue weighted by molar-refractivity contribution is 6.30. The molecule has 0 aliphatic heterocycles. The van der Waals surface area contributed by atoms with E-state index in [0.717, 1.165) is 16.9 Å². The first-order valence-electron chi connectivity index (χ1n) is 11.2. The van der Waals surface area contributed by atoms with Crippen molar-refractivity contribution in [2.45, 2.75) is 0 Å². The fourth-order valence-corrected chi connectivity index (χ4v) is 4.32. The van der Waals surface area contributed by atoms with Gasteiger partial charge in [-0.1, -0.05) is 72.3 Å². The first-order chi connectivity index (χ1) is 17.2. The van der Waals surface area contributed by atoms with Crippen LogP contribution in [0, 0.1) is 0 Å². The molecule has 0 fully saturated rings. The van der Waals surface area contributed by atoms with E-state index in [2.05, 4.69) is 0 Å². The van der Waals surface area contributed by atoms with Gasteiger partial charge in [-0.25, -0.2) is 9.67 Å². The maximum Gasteiger partial charge on any atom is 0.266 e. The van der Waals surface area contributed by atoms with E-state index in [0.29, 0.717) is 33.1 Å². The summed E-state index contributed by atoms with van der Waals surface area (Å²) in [7, 11) is 0. The van der Waals surface area contributed by atoms with Crippen molar-refractivity contribution >= 4 is 22.5 Å². The van der Waals surface area contributed by atoms with Crippen molar-refractivity contribution in [3.63, 3.8) is 0 Å². The maximum atomic E-state index is 13.8. The summed E-state index contributed by atoms with van der Waals surface area (Å²) >= 11 is 6.15. The second-order valence-electron chi connectivity index (χ2n) is 8.10. The highest BCUT2D eigenvalue weighted by Crippen LogP contribution is 2.29. The molecule has 6 rings (SSSR count). The zero-order valence-corrected chi connectivity index (χ0v) is 19.3. The summed E-state index contributed by atoms with van der Waals surface area (Å²) in [6, 6.07) is 36.4. The number of hydrogen-bond acceptors (Lipinski definition) is 3. The van der Waals surface area contributed by atoms with Crippen LogP contribution in [-0.2, 0) is 0 Å². The van der Waals surface area contributed by atoms with Crippen LogP contribution >= 0.6 is 11.6 Å². The predicted molar refractivity (Wildman–Crippen MR) is 140 cm³/mol. The molecule has 168 valence electrons. The molecule has 0 aliphatic rings. The zero-order valence-electron chi connectivity index (χ0n) is 18.5. The SMILES string of the molecule is O=c1c2ccccc2nc(-c2cc(-c3ccccc3)nn2-c2ccccc2)n1-c1ccc(Cl)cc1. The third kappa shape index (κ3) is 3.82. The Morgan fingerprint density at radius 1 is 0.686 bits per heavy atom. The normalized spacial score (nSPS) is 11.1. The first kappa shape index (κ1) is 21.1. The van der Waals surface area contributed by atoms with Gasteiger partial charge in [-0.2, -0.15) is 5.10 Å². The Kier molecular flexibility index (Phi) is 5.24. The topological polar surface area (TPSA) is 52.7 Å². The lowest BCUT2D eigenvalue weighted by Gasteiger charge is -2.15. The lowest BCUT2D eigenvalue weighted by molar-refractivity contribution is 0.865. The van der Waals surface area contributed by atoms with Gasteiger partial charge in [-0.15, -0.1) is 0 Å². The van der Waals surface area contributed by atoms with E-state index in [4.69, 9.17) is 21.7 Å². The standard InChI is InChI=1S/C29H19ClN4O/c30-21-15-17-22(18-16-21)33-28(31-25-14-8-7-13-24(25)29(33)35)27-19-26(20-9-3-1-4-10-20)32-34(27)23-11-5-2-6-12-23/h1-19H. The van der Waals surface area contributed by atoms with E-state index in [1.807, 2.05) is 102 Å². The number of nitrogens with zero attached hydrogens (tertiary/aromatic N) is 4. The number of rotatable bonds is 4. The molecule has 0 bridgehead atoms. The lowest BCUT2D eigenvalue weighted by Crippen LogP contribution is -2.22. The second kappa shape index (κ2) is 8.70. The predicted octanol–water partition coefficient (Wildman–Crippen LogP) is 6.56. The molecule has 0 saturated heterocycles. The van der Waals surface area contributed by atoms with E-state index in [-0.39, 0.29) is 5.56 Å². The van der Waals surface area contributed by atoms with Gasteiger partial charge in [0.2, 0.25) is 0 Å². The number of fused-ring (bicyclic) bond motifs is 1. The van der Waals surface area contributed by atoms with Gasteiger partial charge in [-0.05, 0) is 54.6 Å². The molecule has 4 aromatic carbocycles. The van der Waals surface area contributed by atoms with Gasteiger partial charge in [0, 0.05) is 10.6 Å². The average molecular weight is 475 g/mol. The summed E-state index contributed by atoms with van der Waals surface area (Å²) in [6.07, 6.45) is 0. The molecule has 0 N–H and O–H groups in total. The van der Waals surface area contributed by atoms with Gasteiger partial charge in [-0.3, -0.25) is 9.36 Å². The molecule has 2 heterocycles. The van der Waals surface area contributed by atoms with Crippen molar-refractivity contribution in [1.29, 1.82) is 0 Å². The Labute approximate surface area is 206 Å². The minimum absolute atomic E-state index is 0.157. The molecule has 0 amide bonds. The highest BCUT2D eigenvalue weighted by Gasteiger charge is 2.20. The minimum atomic E-state index is -0.157. The Bertz CT molecular complexity index is 1710. The zero-order chi connectivity index (χ0) is 23.8. The first-order valence-corrected chi connectivity index (χ1v) is 11.6. The van der Waals surface area contributed by atoms with Gasteiger partial charge in [0.05, 0.1) is 28.0 Å². The smallest absolute Gasteiger partial charge is 0.266 e. The monoisotopic (exact) mass is 474 g/mol. The van der Waals surface area contributed by atoms with Crippen LogP contribution in [0.15, 0.2) is 120 Å². The highest BCUT2D eigenvalue weighted by atomic mass is 35.5. The quantitative estimate of drug-likeness (QED) is 0.291. The van der Waals surface area contributed by atoms with Gasteiger partial charge in [0.15, 0.2) is 5.82 Å². The van der Waals surface area contributed by atoms with Crippen molar-refractivity contribution in [1.82, 2.24) is 19.3 Å². The Hall–Kier alpha value is -4.48. The molecule has 5 nitrogen and oxygen atoms in total. The molecule has 6 heteroatoms. The molecule has 0 saturated carbocycles. The van der Waals surface area contributed by atoms with E-state index in [9.17, 15) is 4.79 Å². The molecular weight excluding hydrogens is 456 g/mol. The van der Waals surface area contributed by atoms with E-state index in [1.165, 1.54) is 0 Å². The van der Waals surface area contributed by atoms with Crippen molar-refractivity contribution < 1.29 is 0 Å². The summed E-state index contributed by atoms with van der Waals surface area (Å²) in [4.78, 5) is 18.8. The Morgan fingerprint density at radius 2 is 1.34 bits per heavy atom. The average Bonchev–Trinajstić information content (AvgIpc) is 3.36. The molecule has 0 atom stereocenters. The van der Waals surface area contributed by atoms with Crippen LogP contribution in [0.25, 0.3) is 45.1 Å². The van der Waals surface area contributed by atoms with Crippen molar-refractivity contribution in [3.8, 4) is 34.2 Å². The number of halogens is 1. The molecular formula is C29H19ClN4O. The van der Waals surface area contributed by atoms with Crippen molar-refractivity contribution in [3.05, 3.63) is 131 Å². The summed E-state index contributed by atoms with van der Waals surface area (Å²) in [5.74, 6) is 0.495. The van der Waals surface area contributed by atoms with Crippen LogP contribution in [0.3, 0.4) is 0 Å². The van der Waals surface area contributed by atoms with Crippen molar-refractivity contribution in [2.24, 2.45) is 0 Å². The molecule has 0 radical (unpaired) electrons. The molecule has 6 aromatic rings. The molecule has 0 unspecified atom stereocenters. The fraction of sp³-hybridized carbons (Fsp3) is 0. The van der Waals surface area contributed by atoms with E-state index < -0.39 is 0 Å². The third-order valence-corrected chi connectivity index (χ3v) is 6.12. The third-order valence-electron chi connectivity index (χ3n) is 5.87. The lowest BCUT2D eigenvalue weighted by atomic mass is 10.1. The molecule has 2 aromatic heterocycles. The summed E-state index contributed by atoms with van der Waals surface area (Å²) < 4.78 is 3.47. The van der Waals surface area contributed by atoms with Gasteiger partial charge < -0.3 is 0 Å². The number of hydrogen-bond donors (Lipinski definition) is 0. The summed E-state index contributed by atoms with van der Waals surface area (Å²) in [5, 5.41) is 6.06. The number of aromatic nitrogens is 4. The van der Waals surface area contributed by atoms with Gasteiger partial charge in [0.25, 0.3) is 5.56 Å². The van der Waals surface area contributed by atoms with Gasteiger partial charge in [0.1, 0.15) is 5.69 Å². The summed E-state index contributed by atoms with van der Waals surface area (Å²) in [5.41, 5.74) is 4.48. The number of benzene rings is 4.